The van der Waals surface area contributed by atoms with Crippen molar-refractivity contribution in [1.29, 1.82) is 0 Å². The van der Waals surface area contributed by atoms with Crippen LogP contribution in [0.15, 0.2) is 29.8 Å². The summed E-state index contributed by atoms with van der Waals surface area (Å²) in [7, 11) is 1.54. The van der Waals surface area contributed by atoms with E-state index in [1.165, 1.54) is 24.6 Å². The molecular formula is C23H24N8O3S. The average molecular weight is 493 g/mol. The lowest BCUT2D eigenvalue weighted by Crippen LogP contribution is -2.39. The van der Waals surface area contributed by atoms with Crippen LogP contribution in [0.25, 0.3) is 5.65 Å². The van der Waals surface area contributed by atoms with Crippen LogP contribution in [0.2, 0.25) is 0 Å². The number of ether oxygens (including phenoxy) is 1. The Morgan fingerprint density at radius 2 is 1.97 bits per heavy atom. The molecule has 5 rings (SSSR count). The van der Waals surface area contributed by atoms with Crippen LogP contribution in [0, 0.1) is 13.8 Å². The van der Waals surface area contributed by atoms with Crippen molar-refractivity contribution >= 4 is 34.5 Å². The predicted octanol–water partition coefficient (Wildman–Crippen LogP) is 2.87. The number of anilines is 1. The van der Waals surface area contributed by atoms with Crippen LogP contribution in [0.5, 0.6) is 5.88 Å². The van der Waals surface area contributed by atoms with Crippen LogP contribution in [0.4, 0.5) is 5.69 Å². The summed E-state index contributed by atoms with van der Waals surface area (Å²) in [4.78, 5) is 36.2. The molecule has 0 bridgehead atoms. The number of likely N-dealkylation sites (tertiary alicyclic amines) is 1. The van der Waals surface area contributed by atoms with Crippen molar-refractivity contribution in [3.63, 3.8) is 0 Å². The topological polar surface area (TPSA) is 128 Å². The molecule has 0 saturated carbocycles. The summed E-state index contributed by atoms with van der Waals surface area (Å²) in [5.41, 5.74) is 3.39. The normalized spacial score (nSPS) is 14.3. The first-order valence-electron chi connectivity index (χ1n) is 11.2. The highest BCUT2D eigenvalue weighted by molar-refractivity contribution is 7.10. The van der Waals surface area contributed by atoms with Crippen LogP contribution in [-0.4, -0.2) is 66.7 Å². The van der Waals surface area contributed by atoms with Gasteiger partial charge in [-0.2, -0.15) is 5.10 Å². The number of rotatable bonds is 5. The van der Waals surface area contributed by atoms with Crippen molar-refractivity contribution in [2.45, 2.75) is 32.6 Å². The van der Waals surface area contributed by atoms with Gasteiger partial charge in [-0.1, -0.05) is 0 Å². The summed E-state index contributed by atoms with van der Waals surface area (Å²) in [6, 6.07) is 5.23. The number of methoxy groups -OCH3 is 1. The van der Waals surface area contributed by atoms with Gasteiger partial charge in [-0.15, -0.1) is 21.5 Å². The lowest BCUT2D eigenvalue weighted by atomic mass is 9.97. The third-order valence-corrected chi connectivity index (χ3v) is 7.02. The highest BCUT2D eigenvalue weighted by Crippen LogP contribution is 2.31. The van der Waals surface area contributed by atoms with Gasteiger partial charge in [0.15, 0.2) is 11.3 Å². The zero-order valence-corrected chi connectivity index (χ0v) is 20.4. The summed E-state index contributed by atoms with van der Waals surface area (Å²) in [5, 5.41) is 18.2. The number of hydrogen-bond donors (Lipinski definition) is 1. The summed E-state index contributed by atoms with van der Waals surface area (Å²) in [6.07, 6.45) is 3.06. The molecule has 0 atom stereocenters. The largest absolute Gasteiger partial charge is 0.481 e. The van der Waals surface area contributed by atoms with E-state index in [2.05, 4.69) is 30.6 Å². The number of thiazole rings is 1. The molecule has 180 valence electrons. The Hall–Kier alpha value is -3.93. The van der Waals surface area contributed by atoms with E-state index in [1.54, 1.807) is 26.9 Å². The molecule has 0 unspecified atom stereocenters. The minimum atomic E-state index is -0.287. The minimum absolute atomic E-state index is 0.143. The number of nitrogens with one attached hydrogen (secondary N) is 1. The van der Waals surface area contributed by atoms with Crippen LogP contribution in [0.1, 0.15) is 56.1 Å². The zero-order chi connectivity index (χ0) is 24.5. The van der Waals surface area contributed by atoms with Crippen molar-refractivity contribution in [3.8, 4) is 5.88 Å². The monoisotopic (exact) mass is 492 g/mol. The maximum absolute atomic E-state index is 13.1. The molecule has 2 amide bonds. The maximum Gasteiger partial charge on any atom is 0.276 e. The number of fused-ring (bicyclic) bond motifs is 1. The molecule has 4 aromatic heterocycles. The Balaban J connectivity index is 1.21. The molecule has 11 nitrogen and oxygen atoms in total. The van der Waals surface area contributed by atoms with Crippen molar-refractivity contribution in [2.24, 2.45) is 0 Å². The Morgan fingerprint density at radius 3 is 2.69 bits per heavy atom. The third-order valence-electron chi connectivity index (χ3n) is 6.02. The van der Waals surface area contributed by atoms with Gasteiger partial charge in [-0.05, 0) is 32.8 Å². The molecule has 12 heteroatoms. The van der Waals surface area contributed by atoms with E-state index in [9.17, 15) is 9.59 Å². The smallest absolute Gasteiger partial charge is 0.276 e. The summed E-state index contributed by atoms with van der Waals surface area (Å²) < 4.78 is 6.69. The predicted molar refractivity (Wildman–Crippen MR) is 129 cm³/mol. The fourth-order valence-electron chi connectivity index (χ4n) is 4.10. The number of carbonyl (C=O) groups excluding carboxylic acids is 2. The Labute approximate surface area is 205 Å². The molecule has 1 saturated heterocycles. The first-order chi connectivity index (χ1) is 16.9. The van der Waals surface area contributed by atoms with E-state index in [1.807, 2.05) is 19.9 Å². The van der Waals surface area contributed by atoms with Crippen LogP contribution in [0.3, 0.4) is 0 Å². The van der Waals surface area contributed by atoms with Gasteiger partial charge in [-0.3, -0.25) is 9.59 Å². The standard InChI is InChI=1S/C23H24N8O3S/c1-13-10-18-27-28-20(14(2)31(18)29-13)23(33)30-8-6-15(7-9-30)22-26-17(12-35-22)21(32)25-16-4-5-19(34-3)24-11-16/h4-5,10-12,15H,6-9H2,1-3H3,(H,25,32). The lowest BCUT2D eigenvalue weighted by Gasteiger charge is -2.31. The number of hydrogen-bond acceptors (Lipinski definition) is 9. The van der Waals surface area contributed by atoms with E-state index in [0.717, 1.165) is 23.5 Å². The maximum atomic E-state index is 13.1. The number of pyridine rings is 1. The molecule has 5 heterocycles. The number of aromatic nitrogens is 6. The SMILES string of the molecule is COc1ccc(NC(=O)c2csc(C3CCN(C(=O)c4nnc5cc(C)nn5c4C)CC3)n2)cn1. The van der Waals surface area contributed by atoms with E-state index < -0.39 is 0 Å². The number of nitrogens with zero attached hydrogens (tertiary/aromatic N) is 7. The molecule has 1 aliphatic heterocycles. The quantitative estimate of drug-likeness (QED) is 0.450. The Kier molecular flexibility index (Phi) is 6.12. The number of aryl methyl sites for hydroxylation is 2. The molecule has 35 heavy (non-hydrogen) atoms. The second kappa shape index (κ2) is 9.37. The summed E-state index contributed by atoms with van der Waals surface area (Å²) >= 11 is 1.47. The van der Waals surface area contributed by atoms with Crippen molar-refractivity contribution < 1.29 is 14.3 Å². The van der Waals surface area contributed by atoms with Crippen molar-refractivity contribution in [2.75, 3.05) is 25.5 Å². The van der Waals surface area contributed by atoms with E-state index in [4.69, 9.17) is 4.74 Å². The van der Waals surface area contributed by atoms with E-state index >= 15 is 0 Å². The fourth-order valence-corrected chi connectivity index (χ4v) is 5.08. The number of piperidine rings is 1. The molecule has 1 N–H and O–H groups in total. The lowest BCUT2D eigenvalue weighted by molar-refractivity contribution is 0.0704. The summed E-state index contributed by atoms with van der Waals surface area (Å²) in [5.74, 6) is 0.237. The minimum Gasteiger partial charge on any atom is -0.481 e. The van der Waals surface area contributed by atoms with Gasteiger partial charge in [0.1, 0.15) is 5.69 Å². The van der Waals surface area contributed by atoms with Gasteiger partial charge in [0, 0.05) is 36.5 Å². The van der Waals surface area contributed by atoms with Gasteiger partial charge < -0.3 is 15.0 Å². The van der Waals surface area contributed by atoms with Gasteiger partial charge in [0.2, 0.25) is 5.88 Å². The molecule has 0 spiro atoms. The van der Waals surface area contributed by atoms with E-state index in [-0.39, 0.29) is 17.7 Å². The zero-order valence-electron chi connectivity index (χ0n) is 19.6. The van der Waals surface area contributed by atoms with Crippen molar-refractivity contribution in [1.82, 2.24) is 34.7 Å². The Bertz CT molecular complexity index is 1390. The molecule has 1 aliphatic rings. The van der Waals surface area contributed by atoms with E-state index in [0.29, 0.717) is 47.4 Å². The Morgan fingerprint density at radius 1 is 1.17 bits per heavy atom. The number of amides is 2. The van der Waals surface area contributed by atoms with Gasteiger partial charge in [0.25, 0.3) is 11.8 Å². The first kappa shape index (κ1) is 22.8. The van der Waals surface area contributed by atoms with Crippen LogP contribution < -0.4 is 10.1 Å². The number of carbonyl (C=O) groups is 2. The molecular weight excluding hydrogens is 468 g/mol. The second-order valence-corrected chi connectivity index (χ2v) is 9.26. The van der Waals surface area contributed by atoms with Crippen molar-refractivity contribution in [3.05, 3.63) is 57.6 Å². The molecule has 1 fully saturated rings. The third kappa shape index (κ3) is 4.56. The molecule has 0 aromatic carbocycles. The van der Waals surface area contributed by atoms with Gasteiger partial charge in [-0.25, -0.2) is 14.5 Å². The highest BCUT2D eigenvalue weighted by atomic mass is 32.1. The molecule has 4 aromatic rings. The molecule has 0 aliphatic carbocycles. The molecule has 0 radical (unpaired) electrons. The van der Waals surface area contributed by atoms with Gasteiger partial charge >= 0.3 is 0 Å². The summed E-state index contributed by atoms with van der Waals surface area (Å²) in [6.45, 7) is 4.88. The van der Waals surface area contributed by atoms with Crippen LogP contribution in [-0.2, 0) is 0 Å². The van der Waals surface area contributed by atoms with Gasteiger partial charge in [0.05, 0.1) is 35.4 Å². The fraction of sp³-hybridized carbons (Fsp3) is 0.348. The average Bonchev–Trinajstić information content (AvgIpc) is 3.52. The first-order valence-corrected chi connectivity index (χ1v) is 12.1. The van der Waals surface area contributed by atoms with Crippen LogP contribution >= 0.6 is 11.3 Å². The highest BCUT2D eigenvalue weighted by Gasteiger charge is 2.29. The second-order valence-electron chi connectivity index (χ2n) is 8.37.